The summed E-state index contributed by atoms with van der Waals surface area (Å²) in [6, 6.07) is 9.65. The molecule has 1 aliphatic carbocycles. The van der Waals surface area contributed by atoms with Gasteiger partial charge in [0.2, 0.25) is 0 Å². The Balaban J connectivity index is 1.38. The van der Waals surface area contributed by atoms with Crippen molar-refractivity contribution in [2.24, 2.45) is 5.92 Å². The van der Waals surface area contributed by atoms with Gasteiger partial charge in [-0.1, -0.05) is 44.2 Å². The molecule has 0 radical (unpaired) electrons. The molecule has 146 valence electrons. The lowest BCUT2D eigenvalue weighted by molar-refractivity contribution is 0.102. The van der Waals surface area contributed by atoms with Gasteiger partial charge in [-0.05, 0) is 24.5 Å². The molecule has 4 rings (SSSR count). The summed E-state index contributed by atoms with van der Waals surface area (Å²) in [5.74, 6) is 1.95. The number of nitrogens with zero attached hydrogens (tertiary/aromatic N) is 2. The molecule has 1 fully saturated rings. The van der Waals surface area contributed by atoms with Gasteiger partial charge in [-0.15, -0.1) is 23.1 Å². The minimum atomic E-state index is -0.128. The molecule has 0 atom stereocenters. The third kappa shape index (κ3) is 5.02. The van der Waals surface area contributed by atoms with E-state index < -0.39 is 0 Å². The molecule has 0 bridgehead atoms. The first-order valence-electron chi connectivity index (χ1n) is 9.72. The van der Waals surface area contributed by atoms with Gasteiger partial charge >= 0.3 is 0 Å². The van der Waals surface area contributed by atoms with E-state index in [0.717, 1.165) is 34.4 Å². The Morgan fingerprint density at radius 2 is 2.11 bits per heavy atom. The van der Waals surface area contributed by atoms with E-state index in [0.29, 0.717) is 11.4 Å². The SMILES string of the molecule is O=C(Nc1cc(CC2CCCCC2)[nH]n1)c1ccccc1SCc1cscn1. The van der Waals surface area contributed by atoms with Crippen LogP contribution in [-0.2, 0) is 12.2 Å². The fraction of sp³-hybridized carbons (Fsp3) is 0.381. The van der Waals surface area contributed by atoms with E-state index in [2.05, 4.69) is 20.5 Å². The lowest BCUT2D eigenvalue weighted by Crippen LogP contribution is -2.13. The normalized spacial score (nSPS) is 14.9. The van der Waals surface area contributed by atoms with Crippen molar-refractivity contribution in [3.8, 4) is 0 Å². The monoisotopic (exact) mass is 412 g/mol. The van der Waals surface area contributed by atoms with Crippen molar-refractivity contribution in [2.75, 3.05) is 5.32 Å². The largest absolute Gasteiger partial charge is 0.305 e. The third-order valence-electron chi connectivity index (χ3n) is 5.10. The number of nitrogens with one attached hydrogen (secondary N) is 2. The second kappa shape index (κ2) is 9.39. The van der Waals surface area contributed by atoms with Gasteiger partial charge < -0.3 is 5.32 Å². The van der Waals surface area contributed by atoms with Gasteiger partial charge in [0.25, 0.3) is 5.91 Å². The van der Waals surface area contributed by atoms with Gasteiger partial charge in [0, 0.05) is 27.8 Å². The lowest BCUT2D eigenvalue weighted by Gasteiger charge is -2.20. The van der Waals surface area contributed by atoms with Gasteiger partial charge in [0.1, 0.15) is 0 Å². The number of amides is 1. The van der Waals surface area contributed by atoms with Gasteiger partial charge in [0.05, 0.1) is 16.8 Å². The highest BCUT2D eigenvalue weighted by Gasteiger charge is 2.17. The summed E-state index contributed by atoms with van der Waals surface area (Å²) in [7, 11) is 0. The molecule has 7 heteroatoms. The van der Waals surface area contributed by atoms with E-state index in [-0.39, 0.29) is 5.91 Å². The Morgan fingerprint density at radius 1 is 1.25 bits per heavy atom. The van der Waals surface area contributed by atoms with E-state index in [4.69, 9.17) is 0 Å². The number of rotatable bonds is 7. The first-order chi connectivity index (χ1) is 13.8. The highest BCUT2D eigenvalue weighted by molar-refractivity contribution is 7.98. The van der Waals surface area contributed by atoms with Gasteiger partial charge in [-0.3, -0.25) is 9.89 Å². The molecule has 1 aliphatic rings. The Morgan fingerprint density at radius 3 is 2.93 bits per heavy atom. The molecule has 1 amide bonds. The van der Waals surface area contributed by atoms with Crippen molar-refractivity contribution in [3.63, 3.8) is 0 Å². The molecule has 0 spiro atoms. The molecular weight excluding hydrogens is 388 g/mol. The zero-order valence-electron chi connectivity index (χ0n) is 15.7. The number of benzene rings is 1. The van der Waals surface area contributed by atoms with E-state index in [1.165, 1.54) is 32.1 Å². The molecule has 0 aliphatic heterocycles. The van der Waals surface area contributed by atoms with Gasteiger partial charge in [-0.25, -0.2) is 4.98 Å². The summed E-state index contributed by atoms with van der Waals surface area (Å²) in [6.07, 6.45) is 7.63. The standard InChI is InChI=1S/C21H24N4OS2/c26-21(18-8-4-5-9-19(18)28-13-17-12-27-14-22-17)23-20-11-16(24-25-20)10-15-6-2-1-3-7-15/h4-5,8-9,11-12,14-15H,1-3,6-7,10,13H2,(H2,23,24,25,26). The fourth-order valence-electron chi connectivity index (χ4n) is 3.66. The zero-order chi connectivity index (χ0) is 19.2. The average Bonchev–Trinajstić information content (AvgIpc) is 3.39. The summed E-state index contributed by atoms with van der Waals surface area (Å²) < 4.78 is 0. The Kier molecular flexibility index (Phi) is 6.44. The van der Waals surface area contributed by atoms with Crippen molar-refractivity contribution < 1.29 is 4.79 Å². The molecule has 5 nitrogen and oxygen atoms in total. The zero-order valence-corrected chi connectivity index (χ0v) is 17.3. The van der Waals surface area contributed by atoms with Crippen LogP contribution in [0.1, 0.15) is 53.8 Å². The summed E-state index contributed by atoms with van der Waals surface area (Å²) in [4.78, 5) is 18.1. The van der Waals surface area contributed by atoms with Gasteiger partial charge in [-0.2, -0.15) is 5.10 Å². The molecular formula is C21H24N4OS2. The molecule has 3 aromatic rings. The highest BCUT2D eigenvalue weighted by Crippen LogP contribution is 2.28. The van der Waals surface area contributed by atoms with Crippen molar-refractivity contribution in [2.45, 2.75) is 49.2 Å². The topological polar surface area (TPSA) is 70.7 Å². The predicted molar refractivity (Wildman–Crippen MR) is 115 cm³/mol. The molecule has 0 saturated heterocycles. The van der Waals surface area contributed by atoms with Crippen LogP contribution in [0, 0.1) is 5.92 Å². The van der Waals surface area contributed by atoms with E-state index >= 15 is 0 Å². The number of thioether (sulfide) groups is 1. The Labute approximate surface area is 173 Å². The van der Waals surface area contributed by atoms with Crippen molar-refractivity contribution in [3.05, 3.63) is 58.2 Å². The second-order valence-electron chi connectivity index (χ2n) is 7.21. The number of hydrogen-bond acceptors (Lipinski definition) is 5. The molecule has 2 N–H and O–H groups in total. The van der Waals surface area contributed by atoms with Crippen molar-refractivity contribution in [1.29, 1.82) is 0 Å². The fourth-order valence-corrected chi connectivity index (χ4v) is 5.27. The molecule has 0 unspecified atom stereocenters. The first kappa shape index (κ1) is 19.2. The maximum Gasteiger partial charge on any atom is 0.257 e. The minimum Gasteiger partial charge on any atom is -0.305 e. The molecule has 1 saturated carbocycles. The van der Waals surface area contributed by atoms with Crippen LogP contribution in [0.3, 0.4) is 0 Å². The summed E-state index contributed by atoms with van der Waals surface area (Å²) in [6.45, 7) is 0. The smallest absolute Gasteiger partial charge is 0.257 e. The predicted octanol–water partition coefficient (Wildman–Crippen LogP) is 5.53. The van der Waals surface area contributed by atoms with Gasteiger partial charge in [0.15, 0.2) is 5.82 Å². The minimum absolute atomic E-state index is 0.128. The number of H-pyrrole nitrogens is 1. The lowest BCUT2D eigenvalue weighted by atomic mass is 9.86. The number of carbonyl (C=O) groups is 1. The quantitative estimate of drug-likeness (QED) is 0.500. The summed E-state index contributed by atoms with van der Waals surface area (Å²) in [5.41, 5.74) is 4.63. The van der Waals surface area contributed by atoms with Crippen LogP contribution < -0.4 is 5.32 Å². The molecule has 2 aromatic heterocycles. The van der Waals surface area contributed by atoms with E-state index in [1.54, 1.807) is 23.1 Å². The Hall–Kier alpha value is -2.12. The van der Waals surface area contributed by atoms with Crippen LogP contribution in [0.15, 0.2) is 46.1 Å². The van der Waals surface area contributed by atoms with Crippen molar-refractivity contribution >= 4 is 34.8 Å². The average molecular weight is 413 g/mol. The number of thiazole rings is 1. The molecule has 28 heavy (non-hydrogen) atoms. The van der Waals surface area contributed by atoms with Crippen LogP contribution >= 0.6 is 23.1 Å². The first-order valence-corrected chi connectivity index (χ1v) is 11.7. The Bertz CT molecular complexity index is 901. The molecule has 1 aromatic carbocycles. The van der Waals surface area contributed by atoms with Crippen molar-refractivity contribution in [1.82, 2.24) is 15.2 Å². The highest BCUT2D eigenvalue weighted by atomic mass is 32.2. The second-order valence-corrected chi connectivity index (χ2v) is 8.94. The van der Waals surface area contributed by atoms with E-state index in [1.807, 2.05) is 41.2 Å². The van der Waals surface area contributed by atoms with Crippen LogP contribution in [0.25, 0.3) is 0 Å². The summed E-state index contributed by atoms with van der Waals surface area (Å²) >= 11 is 3.21. The number of aromatic nitrogens is 3. The van der Waals surface area contributed by atoms with Crippen LogP contribution in [-0.4, -0.2) is 21.1 Å². The summed E-state index contributed by atoms with van der Waals surface area (Å²) in [5, 5.41) is 12.4. The molecule has 2 heterocycles. The van der Waals surface area contributed by atoms with Crippen LogP contribution in [0.5, 0.6) is 0 Å². The number of anilines is 1. The number of aromatic amines is 1. The van der Waals surface area contributed by atoms with Crippen LogP contribution in [0.4, 0.5) is 5.82 Å². The van der Waals surface area contributed by atoms with E-state index in [9.17, 15) is 4.79 Å². The maximum atomic E-state index is 12.8. The third-order valence-corrected chi connectivity index (χ3v) is 6.84. The van der Waals surface area contributed by atoms with Crippen LogP contribution in [0.2, 0.25) is 0 Å². The maximum absolute atomic E-state index is 12.8. The number of hydrogen-bond donors (Lipinski definition) is 2. The number of carbonyl (C=O) groups excluding carboxylic acids is 1.